The fourth-order valence-corrected chi connectivity index (χ4v) is 3.42. The third-order valence-electron chi connectivity index (χ3n) is 3.89. The standard InChI is InChI=1S/C19H19FN4O2S/c1-14-6-8-16(9-7-14)27(25,26)24-19-11-10-18(22-23-19)21-13-12-15-4-2-3-5-17(15)20/h2-11H,12-13H2,1H3,(H,21,22)(H,23,24). The highest BCUT2D eigenvalue weighted by atomic mass is 32.2. The van der Waals surface area contributed by atoms with E-state index in [4.69, 9.17) is 0 Å². The molecule has 0 aliphatic carbocycles. The molecule has 1 heterocycles. The van der Waals surface area contributed by atoms with E-state index in [0.717, 1.165) is 5.56 Å². The van der Waals surface area contributed by atoms with Crippen molar-refractivity contribution in [2.75, 3.05) is 16.6 Å². The third kappa shape index (κ3) is 5.01. The summed E-state index contributed by atoms with van der Waals surface area (Å²) in [5, 5.41) is 10.8. The number of rotatable bonds is 7. The molecule has 140 valence electrons. The van der Waals surface area contributed by atoms with Gasteiger partial charge in [-0.3, -0.25) is 4.72 Å². The lowest BCUT2D eigenvalue weighted by Gasteiger charge is -2.09. The zero-order valence-electron chi connectivity index (χ0n) is 14.7. The van der Waals surface area contributed by atoms with Gasteiger partial charge >= 0.3 is 0 Å². The summed E-state index contributed by atoms with van der Waals surface area (Å²) in [6.07, 6.45) is 0.496. The maximum Gasteiger partial charge on any atom is 0.263 e. The van der Waals surface area contributed by atoms with Gasteiger partial charge in [0.05, 0.1) is 4.90 Å². The monoisotopic (exact) mass is 386 g/mol. The maximum absolute atomic E-state index is 13.6. The topological polar surface area (TPSA) is 84.0 Å². The number of benzene rings is 2. The van der Waals surface area contributed by atoms with Gasteiger partial charge in [0, 0.05) is 6.54 Å². The van der Waals surface area contributed by atoms with Crippen molar-refractivity contribution >= 4 is 21.7 Å². The van der Waals surface area contributed by atoms with E-state index in [9.17, 15) is 12.8 Å². The summed E-state index contributed by atoms with van der Waals surface area (Å²) in [6, 6.07) is 16.2. The van der Waals surface area contributed by atoms with Crippen LogP contribution in [0.25, 0.3) is 0 Å². The van der Waals surface area contributed by atoms with Gasteiger partial charge < -0.3 is 5.32 Å². The molecule has 6 nitrogen and oxygen atoms in total. The second kappa shape index (κ2) is 8.13. The predicted molar refractivity (Wildman–Crippen MR) is 103 cm³/mol. The molecule has 0 amide bonds. The van der Waals surface area contributed by atoms with E-state index >= 15 is 0 Å². The van der Waals surface area contributed by atoms with E-state index in [-0.39, 0.29) is 16.5 Å². The fraction of sp³-hybridized carbons (Fsp3) is 0.158. The fourth-order valence-electron chi connectivity index (χ4n) is 2.42. The average Bonchev–Trinajstić information content (AvgIpc) is 2.65. The lowest BCUT2D eigenvalue weighted by Crippen LogP contribution is -2.15. The van der Waals surface area contributed by atoms with E-state index in [1.54, 1.807) is 36.4 Å². The molecule has 8 heteroatoms. The molecule has 0 saturated carbocycles. The molecule has 2 aromatic carbocycles. The Hall–Kier alpha value is -3.00. The molecule has 0 aliphatic rings. The predicted octanol–water partition coefficient (Wildman–Crippen LogP) is 3.38. The van der Waals surface area contributed by atoms with Crippen LogP contribution in [0.5, 0.6) is 0 Å². The first-order valence-corrected chi connectivity index (χ1v) is 9.83. The average molecular weight is 386 g/mol. The summed E-state index contributed by atoms with van der Waals surface area (Å²) >= 11 is 0. The number of hydrogen-bond acceptors (Lipinski definition) is 5. The Balaban J connectivity index is 1.58. The summed E-state index contributed by atoms with van der Waals surface area (Å²) in [4.78, 5) is 0.155. The van der Waals surface area contributed by atoms with Gasteiger partial charge in [-0.1, -0.05) is 35.9 Å². The van der Waals surface area contributed by atoms with Gasteiger partial charge in [-0.15, -0.1) is 10.2 Å². The number of anilines is 2. The van der Waals surface area contributed by atoms with Crippen LogP contribution in [-0.4, -0.2) is 25.2 Å². The van der Waals surface area contributed by atoms with Crippen LogP contribution < -0.4 is 10.0 Å². The van der Waals surface area contributed by atoms with Crippen molar-refractivity contribution in [1.29, 1.82) is 0 Å². The summed E-state index contributed by atoms with van der Waals surface area (Å²) < 4.78 is 40.6. The normalized spacial score (nSPS) is 11.2. The molecule has 3 rings (SSSR count). The second-order valence-corrected chi connectivity index (χ2v) is 7.67. The molecule has 3 aromatic rings. The van der Waals surface area contributed by atoms with Crippen LogP contribution in [0.4, 0.5) is 16.0 Å². The quantitative estimate of drug-likeness (QED) is 0.650. The maximum atomic E-state index is 13.6. The largest absolute Gasteiger partial charge is 0.368 e. The summed E-state index contributed by atoms with van der Waals surface area (Å²) in [7, 11) is -3.72. The van der Waals surface area contributed by atoms with Gasteiger partial charge in [-0.05, 0) is 49.2 Å². The molecule has 0 unspecified atom stereocenters. The van der Waals surface area contributed by atoms with E-state index in [0.29, 0.717) is 24.3 Å². The van der Waals surface area contributed by atoms with Gasteiger partial charge in [0.25, 0.3) is 10.0 Å². The van der Waals surface area contributed by atoms with Crippen LogP contribution in [0.1, 0.15) is 11.1 Å². The molecule has 0 radical (unpaired) electrons. The zero-order chi connectivity index (χ0) is 19.3. The number of hydrogen-bond donors (Lipinski definition) is 2. The Morgan fingerprint density at radius 1 is 0.926 bits per heavy atom. The van der Waals surface area contributed by atoms with Crippen LogP contribution >= 0.6 is 0 Å². The minimum absolute atomic E-state index is 0.121. The van der Waals surface area contributed by atoms with Gasteiger partial charge in [0.15, 0.2) is 5.82 Å². The van der Waals surface area contributed by atoms with Crippen LogP contribution in [0.15, 0.2) is 65.6 Å². The summed E-state index contributed by atoms with van der Waals surface area (Å²) in [5.74, 6) is 0.353. The highest BCUT2D eigenvalue weighted by Gasteiger charge is 2.14. The van der Waals surface area contributed by atoms with Crippen molar-refractivity contribution in [1.82, 2.24) is 10.2 Å². The highest BCUT2D eigenvalue weighted by molar-refractivity contribution is 7.92. The minimum Gasteiger partial charge on any atom is -0.368 e. The minimum atomic E-state index is -3.72. The SMILES string of the molecule is Cc1ccc(S(=O)(=O)Nc2ccc(NCCc3ccccc3F)nn2)cc1. The lowest BCUT2D eigenvalue weighted by atomic mass is 10.1. The number of aryl methyl sites for hydroxylation is 1. The first-order valence-electron chi connectivity index (χ1n) is 8.34. The van der Waals surface area contributed by atoms with Crippen molar-refractivity contribution in [3.05, 3.63) is 77.6 Å². The molecular weight excluding hydrogens is 367 g/mol. The van der Waals surface area contributed by atoms with E-state index < -0.39 is 10.0 Å². The van der Waals surface area contributed by atoms with Crippen molar-refractivity contribution < 1.29 is 12.8 Å². The van der Waals surface area contributed by atoms with Gasteiger partial charge in [0.2, 0.25) is 0 Å². The molecular formula is C19H19FN4O2S. The van der Waals surface area contributed by atoms with Crippen molar-refractivity contribution in [2.24, 2.45) is 0 Å². The zero-order valence-corrected chi connectivity index (χ0v) is 15.5. The molecule has 0 bridgehead atoms. The number of sulfonamides is 1. The van der Waals surface area contributed by atoms with Gasteiger partial charge in [0.1, 0.15) is 11.6 Å². The Kier molecular flexibility index (Phi) is 5.66. The van der Waals surface area contributed by atoms with Crippen molar-refractivity contribution in [3.63, 3.8) is 0 Å². The van der Waals surface area contributed by atoms with Gasteiger partial charge in [-0.2, -0.15) is 0 Å². The Morgan fingerprint density at radius 3 is 2.26 bits per heavy atom. The molecule has 0 saturated heterocycles. The molecule has 0 aliphatic heterocycles. The lowest BCUT2D eigenvalue weighted by molar-refractivity contribution is 0.601. The van der Waals surface area contributed by atoms with E-state index in [1.807, 2.05) is 6.92 Å². The number of aromatic nitrogens is 2. The van der Waals surface area contributed by atoms with Crippen molar-refractivity contribution in [3.8, 4) is 0 Å². The molecule has 0 fully saturated rings. The Bertz CT molecular complexity index is 1010. The molecule has 2 N–H and O–H groups in total. The Morgan fingerprint density at radius 2 is 1.59 bits per heavy atom. The molecule has 0 atom stereocenters. The van der Waals surface area contributed by atoms with Crippen LogP contribution in [0.2, 0.25) is 0 Å². The van der Waals surface area contributed by atoms with Crippen molar-refractivity contribution in [2.45, 2.75) is 18.2 Å². The van der Waals surface area contributed by atoms with E-state index in [1.165, 1.54) is 24.3 Å². The van der Waals surface area contributed by atoms with Crippen LogP contribution in [0, 0.1) is 12.7 Å². The molecule has 27 heavy (non-hydrogen) atoms. The highest BCUT2D eigenvalue weighted by Crippen LogP contribution is 2.15. The third-order valence-corrected chi connectivity index (χ3v) is 5.26. The smallest absolute Gasteiger partial charge is 0.263 e. The first kappa shape index (κ1) is 18.8. The van der Waals surface area contributed by atoms with E-state index in [2.05, 4.69) is 20.2 Å². The number of halogens is 1. The molecule has 1 aromatic heterocycles. The summed E-state index contributed by atoms with van der Waals surface area (Å²) in [5.41, 5.74) is 1.58. The summed E-state index contributed by atoms with van der Waals surface area (Å²) in [6.45, 7) is 2.36. The Labute approximate surface area is 157 Å². The van der Waals surface area contributed by atoms with Crippen LogP contribution in [-0.2, 0) is 16.4 Å². The first-order chi connectivity index (χ1) is 12.9. The van der Waals surface area contributed by atoms with Crippen LogP contribution in [0.3, 0.4) is 0 Å². The second-order valence-electron chi connectivity index (χ2n) is 5.99. The number of nitrogens with zero attached hydrogens (tertiary/aromatic N) is 2. The molecule has 0 spiro atoms. The number of nitrogens with one attached hydrogen (secondary N) is 2. The van der Waals surface area contributed by atoms with Gasteiger partial charge in [-0.25, -0.2) is 12.8 Å².